The third kappa shape index (κ3) is 3.55. The molecule has 0 saturated heterocycles. The van der Waals surface area contributed by atoms with Gasteiger partial charge in [0.2, 0.25) is 0 Å². The van der Waals surface area contributed by atoms with Gasteiger partial charge in [-0.25, -0.2) is 0 Å². The highest BCUT2D eigenvalue weighted by molar-refractivity contribution is 5.87. The highest BCUT2D eigenvalue weighted by Gasteiger charge is 2.15. The van der Waals surface area contributed by atoms with Crippen molar-refractivity contribution in [1.82, 2.24) is 5.32 Å². The molecule has 2 aromatic carbocycles. The summed E-state index contributed by atoms with van der Waals surface area (Å²) in [5.41, 5.74) is 0.877. The summed E-state index contributed by atoms with van der Waals surface area (Å²) in [5, 5.41) is 25.8. The molecule has 0 radical (unpaired) electrons. The first kappa shape index (κ1) is 15.6. The van der Waals surface area contributed by atoms with E-state index in [1.54, 1.807) is 24.5 Å². The molecule has 0 bridgehead atoms. The zero-order valence-corrected chi connectivity index (χ0v) is 13.1. The average molecular weight is 311 g/mol. The van der Waals surface area contributed by atoms with Crippen LogP contribution in [0.1, 0.15) is 30.8 Å². The number of aliphatic hydroxyl groups is 1. The number of aliphatic hydroxyl groups excluding tert-OH is 1. The van der Waals surface area contributed by atoms with Gasteiger partial charge in [-0.15, -0.1) is 0 Å². The molecule has 0 aliphatic rings. The van der Waals surface area contributed by atoms with E-state index in [0.717, 1.165) is 16.3 Å². The van der Waals surface area contributed by atoms with Gasteiger partial charge in [-0.05, 0) is 42.3 Å². The lowest BCUT2D eigenvalue weighted by molar-refractivity contribution is 0.128. The van der Waals surface area contributed by atoms with Crippen LogP contribution in [0.25, 0.3) is 10.8 Å². The summed E-state index contributed by atoms with van der Waals surface area (Å²) in [6.07, 6.45) is 1.47. The van der Waals surface area contributed by atoms with E-state index in [9.17, 15) is 10.2 Å². The Kier molecular flexibility index (Phi) is 4.65. The van der Waals surface area contributed by atoms with Crippen LogP contribution in [0, 0.1) is 0 Å². The molecule has 3 N–H and O–H groups in total. The SMILES string of the molecule is CC(CC(O)c1ccco1)NCc1c(O)ccc2ccccc12. The van der Waals surface area contributed by atoms with E-state index in [1.807, 2.05) is 37.3 Å². The molecule has 120 valence electrons. The maximum Gasteiger partial charge on any atom is 0.132 e. The van der Waals surface area contributed by atoms with Crippen molar-refractivity contribution in [2.24, 2.45) is 0 Å². The molecule has 2 atom stereocenters. The van der Waals surface area contributed by atoms with Gasteiger partial charge in [0.1, 0.15) is 17.6 Å². The van der Waals surface area contributed by atoms with Crippen LogP contribution in [-0.2, 0) is 6.54 Å². The molecular formula is C19H21NO3. The van der Waals surface area contributed by atoms with Gasteiger partial charge < -0.3 is 19.9 Å². The van der Waals surface area contributed by atoms with E-state index >= 15 is 0 Å². The normalized spacial score (nSPS) is 14.0. The summed E-state index contributed by atoms with van der Waals surface area (Å²) in [6, 6.07) is 15.2. The summed E-state index contributed by atoms with van der Waals surface area (Å²) in [5.74, 6) is 0.863. The second-order valence-electron chi connectivity index (χ2n) is 5.83. The van der Waals surface area contributed by atoms with Crippen LogP contribution in [0.4, 0.5) is 0 Å². The molecule has 3 aromatic rings. The van der Waals surface area contributed by atoms with Crippen molar-refractivity contribution in [3.63, 3.8) is 0 Å². The van der Waals surface area contributed by atoms with E-state index in [-0.39, 0.29) is 11.8 Å². The number of hydrogen-bond acceptors (Lipinski definition) is 4. The summed E-state index contributed by atoms with van der Waals surface area (Å²) in [6.45, 7) is 2.55. The number of fused-ring (bicyclic) bond motifs is 1. The van der Waals surface area contributed by atoms with E-state index in [1.165, 1.54) is 0 Å². The van der Waals surface area contributed by atoms with Crippen molar-refractivity contribution in [2.45, 2.75) is 32.0 Å². The van der Waals surface area contributed by atoms with Crippen LogP contribution in [0.2, 0.25) is 0 Å². The molecule has 4 heteroatoms. The Hall–Kier alpha value is -2.30. The third-order valence-corrected chi connectivity index (χ3v) is 4.09. The highest BCUT2D eigenvalue weighted by atomic mass is 16.4. The van der Waals surface area contributed by atoms with Crippen molar-refractivity contribution < 1.29 is 14.6 Å². The van der Waals surface area contributed by atoms with Crippen LogP contribution < -0.4 is 5.32 Å². The monoisotopic (exact) mass is 311 g/mol. The number of nitrogens with one attached hydrogen (secondary N) is 1. The lowest BCUT2D eigenvalue weighted by Gasteiger charge is -2.18. The summed E-state index contributed by atoms with van der Waals surface area (Å²) in [4.78, 5) is 0. The molecule has 3 rings (SSSR count). The molecule has 0 amide bonds. The summed E-state index contributed by atoms with van der Waals surface area (Å²) < 4.78 is 5.22. The fraction of sp³-hybridized carbons (Fsp3) is 0.263. The van der Waals surface area contributed by atoms with E-state index < -0.39 is 6.10 Å². The molecule has 1 heterocycles. The molecule has 1 aromatic heterocycles. The molecule has 4 nitrogen and oxygen atoms in total. The number of hydrogen-bond donors (Lipinski definition) is 3. The lowest BCUT2D eigenvalue weighted by atomic mass is 10.0. The van der Waals surface area contributed by atoms with Crippen molar-refractivity contribution in [2.75, 3.05) is 0 Å². The summed E-state index contributed by atoms with van der Waals surface area (Å²) >= 11 is 0. The molecule has 23 heavy (non-hydrogen) atoms. The molecule has 0 spiro atoms. The van der Waals surface area contributed by atoms with Gasteiger partial charge >= 0.3 is 0 Å². The minimum Gasteiger partial charge on any atom is -0.508 e. The van der Waals surface area contributed by atoms with E-state index in [4.69, 9.17) is 4.42 Å². The van der Waals surface area contributed by atoms with Gasteiger partial charge in [0, 0.05) is 18.2 Å². The summed E-state index contributed by atoms with van der Waals surface area (Å²) in [7, 11) is 0. The fourth-order valence-corrected chi connectivity index (χ4v) is 2.80. The first-order valence-corrected chi connectivity index (χ1v) is 7.79. The van der Waals surface area contributed by atoms with Crippen molar-refractivity contribution in [3.05, 3.63) is 66.1 Å². The second-order valence-corrected chi connectivity index (χ2v) is 5.83. The van der Waals surface area contributed by atoms with Crippen molar-refractivity contribution in [1.29, 1.82) is 0 Å². The Morgan fingerprint density at radius 1 is 1.09 bits per heavy atom. The van der Waals surface area contributed by atoms with E-state index in [2.05, 4.69) is 5.32 Å². The van der Waals surface area contributed by atoms with Crippen LogP contribution in [0.3, 0.4) is 0 Å². The maximum absolute atomic E-state index is 10.1. The number of furan rings is 1. The van der Waals surface area contributed by atoms with Crippen molar-refractivity contribution in [3.8, 4) is 5.75 Å². The molecular weight excluding hydrogens is 290 g/mol. The van der Waals surface area contributed by atoms with E-state index in [0.29, 0.717) is 18.7 Å². The van der Waals surface area contributed by atoms with Crippen LogP contribution in [-0.4, -0.2) is 16.3 Å². The number of phenols is 1. The van der Waals surface area contributed by atoms with Gasteiger partial charge in [0.15, 0.2) is 0 Å². The average Bonchev–Trinajstić information content (AvgIpc) is 3.08. The lowest BCUT2D eigenvalue weighted by Crippen LogP contribution is -2.27. The molecule has 0 saturated carbocycles. The van der Waals surface area contributed by atoms with Crippen LogP contribution in [0.5, 0.6) is 5.75 Å². The Bertz CT molecular complexity index is 767. The predicted octanol–water partition coefficient (Wildman–Crippen LogP) is 3.74. The zero-order chi connectivity index (χ0) is 16.2. The zero-order valence-electron chi connectivity index (χ0n) is 13.1. The first-order valence-electron chi connectivity index (χ1n) is 7.79. The molecule has 0 aliphatic carbocycles. The second kappa shape index (κ2) is 6.86. The van der Waals surface area contributed by atoms with Gasteiger partial charge in [-0.1, -0.05) is 30.3 Å². The van der Waals surface area contributed by atoms with Crippen molar-refractivity contribution >= 4 is 10.8 Å². The van der Waals surface area contributed by atoms with Gasteiger partial charge in [0.05, 0.1) is 6.26 Å². The quantitative estimate of drug-likeness (QED) is 0.649. The number of rotatable bonds is 6. The van der Waals surface area contributed by atoms with Gasteiger partial charge in [0.25, 0.3) is 0 Å². The number of aromatic hydroxyl groups is 1. The Balaban J connectivity index is 1.67. The smallest absolute Gasteiger partial charge is 0.132 e. The Labute approximate surface area is 135 Å². The Morgan fingerprint density at radius 2 is 1.91 bits per heavy atom. The third-order valence-electron chi connectivity index (χ3n) is 4.09. The topological polar surface area (TPSA) is 65.6 Å². The van der Waals surface area contributed by atoms with Gasteiger partial charge in [-0.2, -0.15) is 0 Å². The van der Waals surface area contributed by atoms with Crippen LogP contribution in [0.15, 0.2) is 59.2 Å². The minimum atomic E-state index is -0.631. The highest BCUT2D eigenvalue weighted by Crippen LogP contribution is 2.27. The standard InChI is InChI=1S/C19H21NO3/c1-13(11-18(22)19-7-4-10-23-19)20-12-16-15-6-3-2-5-14(15)8-9-17(16)21/h2-10,13,18,20-22H,11-12H2,1H3. The minimum absolute atomic E-state index is 0.0773. The number of benzene rings is 2. The van der Waals surface area contributed by atoms with Crippen LogP contribution >= 0.6 is 0 Å². The van der Waals surface area contributed by atoms with Gasteiger partial charge in [-0.3, -0.25) is 0 Å². The molecule has 2 unspecified atom stereocenters. The predicted molar refractivity (Wildman–Crippen MR) is 90.2 cm³/mol. The largest absolute Gasteiger partial charge is 0.508 e. The number of phenolic OH excluding ortho intramolecular Hbond substituents is 1. The molecule has 0 fully saturated rings. The Morgan fingerprint density at radius 3 is 2.70 bits per heavy atom. The first-order chi connectivity index (χ1) is 11.1. The molecule has 0 aliphatic heterocycles. The maximum atomic E-state index is 10.1. The fourth-order valence-electron chi connectivity index (χ4n) is 2.80.